The second-order valence-corrected chi connectivity index (χ2v) is 4.33. The summed E-state index contributed by atoms with van der Waals surface area (Å²) in [7, 11) is 1.94. The first-order chi connectivity index (χ1) is 7.90. The van der Waals surface area contributed by atoms with Crippen LogP contribution in [0.2, 0.25) is 0 Å². The van der Waals surface area contributed by atoms with Crippen molar-refractivity contribution in [1.82, 2.24) is 10.3 Å². The molecule has 4 heteroatoms. The Kier molecular flexibility index (Phi) is 4.02. The molecule has 2 aromatic heterocycles. The van der Waals surface area contributed by atoms with Crippen molar-refractivity contribution in [2.45, 2.75) is 17.3 Å². The van der Waals surface area contributed by atoms with E-state index in [0.29, 0.717) is 0 Å². The maximum absolute atomic E-state index is 5.29. The van der Waals surface area contributed by atoms with Gasteiger partial charge in [0.15, 0.2) is 0 Å². The fraction of sp³-hybridized carbons (Fsp3) is 0.250. The average molecular weight is 234 g/mol. The fourth-order valence-electron chi connectivity index (χ4n) is 1.41. The second kappa shape index (κ2) is 5.72. The summed E-state index contributed by atoms with van der Waals surface area (Å²) in [5, 5.41) is 4.20. The van der Waals surface area contributed by atoms with E-state index < -0.39 is 0 Å². The summed E-state index contributed by atoms with van der Waals surface area (Å²) in [4.78, 5) is 4.38. The standard InChI is InChI=1S/C12H14N2OS/c1-13-8-10-4-2-6-14-12(10)16-9-11-5-3-7-15-11/h2-7,13H,8-9H2,1H3. The Morgan fingerprint density at radius 3 is 3.06 bits per heavy atom. The van der Waals surface area contributed by atoms with Crippen LogP contribution in [-0.2, 0) is 12.3 Å². The molecular weight excluding hydrogens is 220 g/mol. The number of hydrogen-bond acceptors (Lipinski definition) is 4. The van der Waals surface area contributed by atoms with E-state index in [1.807, 2.05) is 31.4 Å². The quantitative estimate of drug-likeness (QED) is 0.807. The molecule has 0 aliphatic heterocycles. The molecule has 0 amide bonds. The zero-order valence-electron chi connectivity index (χ0n) is 9.14. The molecule has 0 aliphatic carbocycles. The van der Waals surface area contributed by atoms with Crippen LogP contribution in [0, 0.1) is 0 Å². The molecule has 0 aromatic carbocycles. The van der Waals surface area contributed by atoms with Gasteiger partial charge < -0.3 is 9.73 Å². The zero-order valence-corrected chi connectivity index (χ0v) is 9.96. The summed E-state index contributed by atoms with van der Waals surface area (Å²) < 4.78 is 5.29. The predicted octanol–water partition coefficient (Wildman–Crippen LogP) is 2.69. The molecule has 0 saturated carbocycles. The van der Waals surface area contributed by atoms with Crippen LogP contribution in [0.5, 0.6) is 0 Å². The monoisotopic (exact) mass is 234 g/mol. The van der Waals surface area contributed by atoms with Gasteiger partial charge in [0, 0.05) is 12.7 Å². The van der Waals surface area contributed by atoms with Gasteiger partial charge in [0.2, 0.25) is 0 Å². The van der Waals surface area contributed by atoms with Gasteiger partial charge >= 0.3 is 0 Å². The molecule has 2 rings (SSSR count). The lowest BCUT2D eigenvalue weighted by molar-refractivity contribution is 0.530. The Morgan fingerprint density at radius 2 is 2.31 bits per heavy atom. The number of thioether (sulfide) groups is 1. The molecule has 16 heavy (non-hydrogen) atoms. The zero-order chi connectivity index (χ0) is 11.2. The minimum atomic E-state index is 0.820. The van der Waals surface area contributed by atoms with Gasteiger partial charge in [-0.25, -0.2) is 4.98 Å². The first kappa shape index (κ1) is 11.2. The van der Waals surface area contributed by atoms with Gasteiger partial charge in [0.1, 0.15) is 10.8 Å². The lowest BCUT2D eigenvalue weighted by atomic mass is 10.3. The molecule has 0 atom stereocenters. The Bertz CT molecular complexity index is 428. The smallest absolute Gasteiger partial charge is 0.114 e. The second-order valence-electron chi connectivity index (χ2n) is 3.37. The van der Waals surface area contributed by atoms with E-state index in [0.717, 1.165) is 23.1 Å². The fourth-order valence-corrected chi connectivity index (χ4v) is 2.32. The highest BCUT2D eigenvalue weighted by Crippen LogP contribution is 2.24. The van der Waals surface area contributed by atoms with Crippen molar-refractivity contribution in [3.05, 3.63) is 48.0 Å². The number of nitrogens with one attached hydrogen (secondary N) is 1. The Balaban J connectivity index is 2.03. The molecule has 1 N–H and O–H groups in total. The maximum atomic E-state index is 5.29. The normalized spacial score (nSPS) is 10.6. The van der Waals surface area contributed by atoms with Crippen molar-refractivity contribution in [3.8, 4) is 0 Å². The van der Waals surface area contributed by atoms with E-state index in [9.17, 15) is 0 Å². The van der Waals surface area contributed by atoms with Crippen LogP contribution in [0.4, 0.5) is 0 Å². The van der Waals surface area contributed by atoms with E-state index in [1.165, 1.54) is 5.56 Å². The van der Waals surface area contributed by atoms with Gasteiger partial charge in [-0.15, -0.1) is 0 Å². The minimum absolute atomic E-state index is 0.820. The lowest BCUT2D eigenvalue weighted by Crippen LogP contribution is -2.06. The van der Waals surface area contributed by atoms with Gasteiger partial charge in [0.25, 0.3) is 0 Å². The van der Waals surface area contributed by atoms with E-state index in [1.54, 1.807) is 18.0 Å². The summed E-state index contributed by atoms with van der Waals surface area (Å²) >= 11 is 1.70. The highest BCUT2D eigenvalue weighted by molar-refractivity contribution is 7.98. The van der Waals surface area contributed by atoms with Crippen LogP contribution >= 0.6 is 11.8 Å². The molecular formula is C12H14N2OS. The van der Waals surface area contributed by atoms with Gasteiger partial charge in [-0.1, -0.05) is 17.8 Å². The van der Waals surface area contributed by atoms with Gasteiger partial charge in [-0.05, 0) is 30.8 Å². The maximum Gasteiger partial charge on any atom is 0.114 e. The first-order valence-corrected chi connectivity index (χ1v) is 6.12. The topological polar surface area (TPSA) is 38.1 Å². The number of aromatic nitrogens is 1. The molecule has 84 valence electrons. The molecule has 0 radical (unpaired) electrons. The van der Waals surface area contributed by atoms with Gasteiger partial charge in [-0.3, -0.25) is 0 Å². The summed E-state index contributed by atoms with van der Waals surface area (Å²) in [5.74, 6) is 1.80. The lowest BCUT2D eigenvalue weighted by Gasteiger charge is -2.06. The van der Waals surface area contributed by atoms with Crippen LogP contribution in [0.3, 0.4) is 0 Å². The highest BCUT2D eigenvalue weighted by atomic mass is 32.2. The Hall–Kier alpha value is -1.26. The SMILES string of the molecule is CNCc1cccnc1SCc1ccco1. The molecule has 0 fully saturated rings. The molecule has 0 spiro atoms. The van der Waals surface area contributed by atoms with Crippen molar-refractivity contribution in [2.24, 2.45) is 0 Å². The molecule has 0 bridgehead atoms. The Labute approximate surface area is 99.3 Å². The van der Waals surface area contributed by atoms with Crippen molar-refractivity contribution < 1.29 is 4.42 Å². The summed E-state index contributed by atoms with van der Waals surface area (Å²) in [6.45, 7) is 0.842. The molecule has 2 heterocycles. The van der Waals surface area contributed by atoms with Crippen molar-refractivity contribution in [1.29, 1.82) is 0 Å². The van der Waals surface area contributed by atoms with Gasteiger partial charge in [-0.2, -0.15) is 0 Å². The van der Waals surface area contributed by atoms with Crippen LogP contribution in [0.25, 0.3) is 0 Å². The molecule has 0 saturated heterocycles. The average Bonchev–Trinajstić information content (AvgIpc) is 2.81. The van der Waals surface area contributed by atoms with Crippen molar-refractivity contribution in [2.75, 3.05) is 7.05 Å². The number of furan rings is 1. The molecule has 0 aliphatic rings. The van der Waals surface area contributed by atoms with Crippen LogP contribution in [-0.4, -0.2) is 12.0 Å². The number of hydrogen-bond donors (Lipinski definition) is 1. The third-order valence-electron chi connectivity index (χ3n) is 2.15. The number of rotatable bonds is 5. The highest BCUT2D eigenvalue weighted by Gasteiger charge is 2.04. The molecule has 3 nitrogen and oxygen atoms in total. The summed E-state index contributed by atoms with van der Waals surface area (Å²) in [6.07, 6.45) is 3.52. The van der Waals surface area contributed by atoms with Crippen LogP contribution in [0.15, 0.2) is 46.2 Å². The van der Waals surface area contributed by atoms with Crippen molar-refractivity contribution >= 4 is 11.8 Å². The summed E-state index contributed by atoms with van der Waals surface area (Å²) in [6, 6.07) is 7.94. The van der Waals surface area contributed by atoms with Crippen LogP contribution < -0.4 is 5.32 Å². The largest absolute Gasteiger partial charge is 0.468 e. The molecule has 2 aromatic rings. The number of pyridine rings is 1. The number of nitrogens with zero attached hydrogens (tertiary/aromatic N) is 1. The van der Waals surface area contributed by atoms with E-state index in [-0.39, 0.29) is 0 Å². The van der Waals surface area contributed by atoms with Gasteiger partial charge in [0.05, 0.1) is 12.0 Å². The van der Waals surface area contributed by atoms with E-state index in [2.05, 4.69) is 16.4 Å². The van der Waals surface area contributed by atoms with E-state index in [4.69, 9.17) is 4.42 Å². The predicted molar refractivity (Wildman–Crippen MR) is 65.3 cm³/mol. The third-order valence-corrected chi connectivity index (χ3v) is 3.22. The van der Waals surface area contributed by atoms with E-state index >= 15 is 0 Å². The summed E-state index contributed by atoms with van der Waals surface area (Å²) in [5.41, 5.74) is 1.22. The minimum Gasteiger partial charge on any atom is -0.468 e. The Morgan fingerprint density at radius 1 is 1.38 bits per heavy atom. The van der Waals surface area contributed by atoms with Crippen molar-refractivity contribution in [3.63, 3.8) is 0 Å². The molecule has 0 unspecified atom stereocenters. The third kappa shape index (κ3) is 2.87. The van der Waals surface area contributed by atoms with Crippen LogP contribution in [0.1, 0.15) is 11.3 Å². The first-order valence-electron chi connectivity index (χ1n) is 5.14.